The van der Waals surface area contributed by atoms with Crippen LogP contribution in [-0.2, 0) is 11.2 Å². The smallest absolute Gasteiger partial charge is 0.224 e. The van der Waals surface area contributed by atoms with Gasteiger partial charge in [-0.1, -0.05) is 68.4 Å². The van der Waals surface area contributed by atoms with Gasteiger partial charge in [-0.05, 0) is 29.5 Å². The maximum absolute atomic E-state index is 12.0. The van der Waals surface area contributed by atoms with E-state index in [1.807, 2.05) is 37.3 Å². The average Bonchev–Trinajstić information content (AvgIpc) is 2.48. The molecule has 0 bridgehead atoms. The molecule has 2 rings (SSSR count). The summed E-state index contributed by atoms with van der Waals surface area (Å²) in [5.41, 5.74) is 3.42. The predicted octanol–water partition coefficient (Wildman–Crippen LogP) is 4.06. The Bertz CT molecular complexity index is 572. The van der Waals surface area contributed by atoms with Gasteiger partial charge in [0.25, 0.3) is 0 Å². The Morgan fingerprint density at radius 3 is 2.05 bits per heavy atom. The third-order valence-corrected chi connectivity index (χ3v) is 3.81. The van der Waals surface area contributed by atoms with Gasteiger partial charge in [0, 0.05) is 6.04 Å². The van der Waals surface area contributed by atoms with Crippen molar-refractivity contribution >= 4 is 5.91 Å². The maximum atomic E-state index is 12.0. The molecule has 110 valence electrons. The third-order valence-electron chi connectivity index (χ3n) is 3.81. The maximum Gasteiger partial charge on any atom is 0.224 e. The second-order valence-corrected chi connectivity index (χ2v) is 5.84. The molecule has 1 atom stereocenters. The summed E-state index contributed by atoms with van der Waals surface area (Å²) in [4.78, 5) is 12.0. The molecule has 0 fully saturated rings. The van der Waals surface area contributed by atoms with Gasteiger partial charge in [0.15, 0.2) is 0 Å². The summed E-state index contributed by atoms with van der Waals surface area (Å²) < 4.78 is 0. The number of rotatable bonds is 5. The van der Waals surface area contributed by atoms with Gasteiger partial charge in [0.1, 0.15) is 0 Å². The van der Waals surface area contributed by atoms with Crippen LogP contribution in [0.4, 0.5) is 0 Å². The Hall–Kier alpha value is -2.09. The van der Waals surface area contributed by atoms with E-state index < -0.39 is 0 Å². The second-order valence-electron chi connectivity index (χ2n) is 5.84. The van der Waals surface area contributed by atoms with Crippen molar-refractivity contribution in [3.05, 3.63) is 60.2 Å². The molecule has 21 heavy (non-hydrogen) atoms. The highest BCUT2D eigenvalue weighted by Crippen LogP contribution is 2.19. The van der Waals surface area contributed by atoms with Gasteiger partial charge in [-0.15, -0.1) is 0 Å². The summed E-state index contributed by atoms with van der Waals surface area (Å²) in [5, 5.41) is 3.04. The zero-order valence-electron chi connectivity index (χ0n) is 13.0. The first-order chi connectivity index (χ1) is 10.1. The van der Waals surface area contributed by atoms with E-state index in [9.17, 15) is 4.79 Å². The molecule has 0 aliphatic rings. The van der Waals surface area contributed by atoms with Crippen molar-refractivity contribution in [2.45, 2.75) is 33.2 Å². The van der Waals surface area contributed by atoms with E-state index in [0.29, 0.717) is 12.3 Å². The summed E-state index contributed by atoms with van der Waals surface area (Å²) in [5.74, 6) is 0.540. The van der Waals surface area contributed by atoms with Crippen LogP contribution < -0.4 is 5.32 Å². The molecule has 2 nitrogen and oxygen atoms in total. The Labute approximate surface area is 127 Å². The molecule has 2 aromatic rings. The Kier molecular flexibility index (Phi) is 5.15. The molecular formula is C19H23NO. The van der Waals surface area contributed by atoms with Crippen molar-refractivity contribution in [3.8, 4) is 11.1 Å². The number of hydrogen-bond acceptors (Lipinski definition) is 1. The fraction of sp³-hybridized carbons (Fsp3) is 0.316. The second kappa shape index (κ2) is 7.07. The quantitative estimate of drug-likeness (QED) is 0.880. The molecule has 0 spiro atoms. The van der Waals surface area contributed by atoms with Gasteiger partial charge in [-0.2, -0.15) is 0 Å². The van der Waals surface area contributed by atoms with E-state index in [-0.39, 0.29) is 11.9 Å². The first kappa shape index (κ1) is 15.3. The molecule has 1 N–H and O–H groups in total. The summed E-state index contributed by atoms with van der Waals surface area (Å²) in [6, 6.07) is 18.7. The topological polar surface area (TPSA) is 29.1 Å². The van der Waals surface area contributed by atoms with E-state index in [1.165, 1.54) is 11.1 Å². The lowest BCUT2D eigenvalue weighted by atomic mass is 10.0. The fourth-order valence-electron chi connectivity index (χ4n) is 2.10. The van der Waals surface area contributed by atoms with Gasteiger partial charge >= 0.3 is 0 Å². The largest absolute Gasteiger partial charge is 0.353 e. The first-order valence-electron chi connectivity index (χ1n) is 7.50. The number of nitrogens with one attached hydrogen (secondary N) is 1. The summed E-state index contributed by atoms with van der Waals surface area (Å²) in [6.07, 6.45) is 0.437. The molecule has 0 saturated heterocycles. The highest BCUT2D eigenvalue weighted by molar-refractivity contribution is 5.79. The van der Waals surface area contributed by atoms with Crippen molar-refractivity contribution in [2.24, 2.45) is 5.92 Å². The first-order valence-corrected chi connectivity index (χ1v) is 7.50. The van der Waals surface area contributed by atoms with Crippen LogP contribution in [0.5, 0.6) is 0 Å². The van der Waals surface area contributed by atoms with E-state index >= 15 is 0 Å². The van der Waals surface area contributed by atoms with E-state index in [2.05, 4.69) is 43.4 Å². The van der Waals surface area contributed by atoms with Gasteiger partial charge in [-0.3, -0.25) is 4.79 Å². The van der Waals surface area contributed by atoms with Crippen LogP contribution >= 0.6 is 0 Å². The average molecular weight is 281 g/mol. The van der Waals surface area contributed by atoms with Crippen LogP contribution in [0.15, 0.2) is 54.6 Å². The van der Waals surface area contributed by atoms with Crippen molar-refractivity contribution in [1.29, 1.82) is 0 Å². The molecular weight excluding hydrogens is 258 g/mol. The fourth-order valence-corrected chi connectivity index (χ4v) is 2.10. The molecule has 0 aromatic heterocycles. The normalized spacial score (nSPS) is 12.2. The lowest BCUT2D eigenvalue weighted by Gasteiger charge is -2.17. The number of benzene rings is 2. The minimum Gasteiger partial charge on any atom is -0.353 e. The lowest BCUT2D eigenvalue weighted by molar-refractivity contribution is -0.121. The van der Waals surface area contributed by atoms with Crippen LogP contribution in [0, 0.1) is 5.92 Å². The van der Waals surface area contributed by atoms with Crippen LogP contribution in [0.2, 0.25) is 0 Å². The van der Waals surface area contributed by atoms with E-state index in [1.54, 1.807) is 0 Å². The molecule has 0 radical (unpaired) electrons. The monoisotopic (exact) mass is 281 g/mol. The molecule has 1 amide bonds. The molecule has 0 aliphatic heterocycles. The zero-order chi connectivity index (χ0) is 15.2. The highest BCUT2D eigenvalue weighted by Gasteiger charge is 2.11. The lowest BCUT2D eigenvalue weighted by Crippen LogP contribution is -2.37. The zero-order valence-corrected chi connectivity index (χ0v) is 13.0. The molecule has 0 aliphatic carbocycles. The van der Waals surface area contributed by atoms with Gasteiger partial charge < -0.3 is 5.32 Å². The Balaban J connectivity index is 1.98. The molecule has 0 heterocycles. The Morgan fingerprint density at radius 1 is 0.905 bits per heavy atom. The van der Waals surface area contributed by atoms with E-state index in [0.717, 1.165) is 5.56 Å². The van der Waals surface area contributed by atoms with Crippen LogP contribution in [0.25, 0.3) is 11.1 Å². The molecule has 0 saturated carbocycles. The van der Waals surface area contributed by atoms with Crippen molar-refractivity contribution in [2.75, 3.05) is 0 Å². The molecule has 2 aromatic carbocycles. The number of carbonyl (C=O) groups excluding carboxylic acids is 1. The van der Waals surface area contributed by atoms with Crippen molar-refractivity contribution < 1.29 is 4.79 Å². The summed E-state index contributed by atoms with van der Waals surface area (Å²) in [6.45, 7) is 6.26. The van der Waals surface area contributed by atoms with Gasteiger partial charge in [-0.25, -0.2) is 0 Å². The van der Waals surface area contributed by atoms with E-state index in [4.69, 9.17) is 0 Å². The van der Waals surface area contributed by atoms with Crippen molar-refractivity contribution in [3.63, 3.8) is 0 Å². The molecule has 2 heteroatoms. The third kappa shape index (κ3) is 4.45. The number of carbonyl (C=O) groups is 1. The minimum absolute atomic E-state index is 0.0867. The minimum atomic E-state index is 0.0867. The Morgan fingerprint density at radius 2 is 1.48 bits per heavy atom. The van der Waals surface area contributed by atoms with Gasteiger partial charge in [0.05, 0.1) is 6.42 Å². The van der Waals surface area contributed by atoms with Gasteiger partial charge in [0.2, 0.25) is 5.91 Å². The van der Waals surface area contributed by atoms with Crippen LogP contribution in [-0.4, -0.2) is 11.9 Å². The van der Waals surface area contributed by atoms with Crippen molar-refractivity contribution in [1.82, 2.24) is 5.32 Å². The SMILES string of the molecule is CC(C)C(C)NC(=O)Cc1ccc(-c2ccccc2)cc1. The summed E-state index contributed by atoms with van der Waals surface area (Å²) >= 11 is 0. The number of hydrogen-bond donors (Lipinski definition) is 1. The highest BCUT2D eigenvalue weighted by atomic mass is 16.1. The number of amides is 1. The van der Waals surface area contributed by atoms with Crippen LogP contribution in [0.3, 0.4) is 0 Å². The molecule has 1 unspecified atom stereocenters. The predicted molar refractivity (Wildman–Crippen MR) is 88.0 cm³/mol. The van der Waals surface area contributed by atoms with Crippen LogP contribution in [0.1, 0.15) is 26.3 Å². The summed E-state index contributed by atoms with van der Waals surface area (Å²) in [7, 11) is 0. The standard InChI is InChI=1S/C19H23NO/c1-14(2)15(3)20-19(21)13-16-9-11-18(12-10-16)17-7-5-4-6-8-17/h4-12,14-15H,13H2,1-3H3,(H,20,21).